The summed E-state index contributed by atoms with van der Waals surface area (Å²) in [6.45, 7) is 3.79. The van der Waals surface area contributed by atoms with Crippen LogP contribution in [0, 0.1) is 6.92 Å². The van der Waals surface area contributed by atoms with E-state index in [0.29, 0.717) is 11.9 Å². The monoisotopic (exact) mass is 393 g/mol. The summed E-state index contributed by atoms with van der Waals surface area (Å²) >= 11 is 12.8. The van der Waals surface area contributed by atoms with Crippen molar-refractivity contribution < 1.29 is 4.42 Å². The predicted octanol–water partition coefficient (Wildman–Crippen LogP) is 4.95. The third kappa shape index (κ3) is 3.05. The Balaban J connectivity index is 2.28. The minimum Gasteiger partial charge on any atom is -0.406 e. The number of anilines is 2. The van der Waals surface area contributed by atoms with Crippen LogP contribution in [0.1, 0.15) is 23.8 Å². The molecule has 2 aromatic rings. The van der Waals surface area contributed by atoms with Gasteiger partial charge in [0.2, 0.25) is 5.89 Å². The summed E-state index contributed by atoms with van der Waals surface area (Å²) in [5.41, 5.74) is 1.97. The van der Waals surface area contributed by atoms with Crippen LogP contribution < -0.4 is 5.32 Å². The van der Waals surface area contributed by atoms with E-state index < -0.39 is 0 Å². The van der Waals surface area contributed by atoms with Crippen molar-refractivity contribution in [3.8, 4) is 0 Å². The van der Waals surface area contributed by atoms with Gasteiger partial charge in [-0.3, -0.25) is 0 Å². The van der Waals surface area contributed by atoms with E-state index in [0.717, 1.165) is 20.2 Å². The number of benzene rings is 1. The quantitative estimate of drug-likeness (QED) is 0.748. The third-order valence-electron chi connectivity index (χ3n) is 2.20. The number of aryl methyl sites for hydroxylation is 1. The van der Waals surface area contributed by atoms with E-state index in [9.17, 15) is 0 Å². The Labute approximate surface area is 126 Å². The molecule has 4 nitrogen and oxygen atoms in total. The highest BCUT2D eigenvalue weighted by atomic mass is 79.9. The lowest BCUT2D eigenvalue weighted by Crippen LogP contribution is -1.93. The molecule has 18 heavy (non-hydrogen) atoms. The molecule has 0 aliphatic heterocycles. The van der Waals surface area contributed by atoms with Gasteiger partial charge in [-0.2, -0.15) is 0 Å². The number of nitrogens with zero attached hydrogens (tertiary/aromatic N) is 2. The molecule has 0 bridgehead atoms. The summed E-state index contributed by atoms with van der Waals surface area (Å²) < 4.78 is 7.20. The van der Waals surface area contributed by atoms with E-state index in [1.165, 1.54) is 0 Å². The summed E-state index contributed by atoms with van der Waals surface area (Å²) in [5, 5.41) is 10.5. The average molecular weight is 395 g/mol. The fourth-order valence-corrected chi connectivity index (χ4v) is 3.07. The minimum atomic E-state index is -0.307. The van der Waals surface area contributed by atoms with E-state index in [1.807, 2.05) is 19.1 Å². The molecule has 0 aliphatic rings. The third-order valence-corrected chi connectivity index (χ3v) is 3.64. The van der Waals surface area contributed by atoms with Gasteiger partial charge in [0.25, 0.3) is 0 Å². The van der Waals surface area contributed by atoms with Crippen molar-refractivity contribution in [1.29, 1.82) is 0 Å². The van der Waals surface area contributed by atoms with Crippen molar-refractivity contribution >= 4 is 55.2 Å². The molecule has 0 saturated carbocycles. The van der Waals surface area contributed by atoms with Gasteiger partial charge in [-0.05, 0) is 63.4 Å². The lowest BCUT2D eigenvalue weighted by Gasteiger charge is -2.08. The lowest BCUT2D eigenvalue weighted by molar-refractivity contribution is 0.510. The first-order valence-electron chi connectivity index (χ1n) is 5.17. The van der Waals surface area contributed by atoms with Gasteiger partial charge < -0.3 is 9.73 Å². The SMILES string of the molecule is Cc1cc(Br)c(Nc2nnc(C(C)Cl)o2)c(Br)c1. The normalized spacial score (nSPS) is 12.5. The molecule has 0 fully saturated rings. The molecular weight excluding hydrogens is 385 g/mol. The summed E-state index contributed by atoms with van der Waals surface area (Å²) in [6.07, 6.45) is 0. The molecule has 1 unspecified atom stereocenters. The largest absolute Gasteiger partial charge is 0.406 e. The first-order valence-corrected chi connectivity index (χ1v) is 7.19. The summed E-state index contributed by atoms with van der Waals surface area (Å²) in [6, 6.07) is 4.30. The second-order valence-corrected chi connectivity index (χ2v) is 6.15. The van der Waals surface area contributed by atoms with E-state index >= 15 is 0 Å². The van der Waals surface area contributed by atoms with Gasteiger partial charge in [0.05, 0.1) is 5.69 Å². The number of hydrogen-bond acceptors (Lipinski definition) is 4. The molecule has 1 aromatic carbocycles. The van der Waals surface area contributed by atoms with Gasteiger partial charge >= 0.3 is 6.01 Å². The topological polar surface area (TPSA) is 51.0 Å². The maximum Gasteiger partial charge on any atom is 0.320 e. The zero-order valence-corrected chi connectivity index (χ0v) is 13.6. The van der Waals surface area contributed by atoms with Crippen molar-refractivity contribution in [2.45, 2.75) is 19.2 Å². The van der Waals surface area contributed by atoms with E-state index in [4.69, 9.17) is 16.0 Å². The van der Waals surface area contributed by atoms with Gasteiger partial charge in [-0.25, -0.2) is 0 Å². The highest BCUT2D eigenvalue weighted by Gasteiger charge is 2.13. The van der Waals surface area contributed by atoms with E-state index in [1.54, 1.807) is 6.92 Å². The fourth-order valence-electron chi connectivity index (χ4n) is 1.37. The lowest BCUT2D eigenvalue weighted by atomic mass is 10.2. The smallest absolute Gasteiger partial charge is 0.320 e. The van der Waals surface area contributed by atoms with E-state index in [2.05, 4.69) is 47.4 Å². The molecule has 1 atom stereocenters. The van der Waals surface area contributed by atoms with Crippen LogP contribution in [0.4, 0.5) is 11.7 Å². The molecule has 0 saturated heterocycles. The van der Waals surface area contributed by atoms with Crippen molar-refractivity contribution in [3.05, 3.63) is 32.5 Å². The van der Waals surface area contributed by atoms with Crippen LogP contribution in [0.2, 0.25) is 0 Å². The molecule has 2 rings (SSSR count). The van der Waals surface area contributed by atoms with Gasteiger partial charge in [0, 0.05) is 8.95 Å². The minimum absolute atomic E-state index is 0.307. The Morgan fingerprint density at radius 2 is 1.89 bits per heavy atom. The molecule has 1 heterocycles. The molecule has 1 N–H and O–H groups in total. The Morgan fingerprint density at radius 3 is 2.39 bits per heavy atom. The number of alkyl halides is 1. The molecule has 1 aromatic heterocycles. The Bertz CT molecular complexity index is 548. The van der Waals surface area contributed by atoms with Crippen molar-refractivity contribution in [3.63, 3.8) is 0 Å². The number of nitrogens with one attached hydrogen (secondary N) is 1. The first kappa shape index (κ1) is 13.8. The number of hydrogen-bond donors (Lipinski definition) is 1. The van der Waals surface area contributed by atoms with Crippen LogP contribution in [0.3, 0.4) is 0 Å². The second kappa shape index (κ2) is 5.59. The molecule has 7 heteroatoms. The predicted molar refractivity (Wildman–Crippen MR) is 78.4 cm³/mol. The van der Waals surface area contributed by atoms with Crippen molar-refractivity contribution in [1.82, 2.24) is 10.2 Å². The Kier molecular flexibility index (Phi) is 4.29. The molecule has 0 aliphatic carbocycles. The molecule has 96 valence electrons. The van der Waals surface area contributed by atoms with Gasteiger partial charge in [0.15, 0.2) is 0 Å². The van der Waals surface area contributed by atoms with E-state index in [-0.39, 0.29) is 5.38 Å². The van der Waals surface area contributed by atoms with Crippen LogP contribution >= 0.6 is 43.5 Å². The second-order valence-electron chi connectivity index (χ2n) is 3.79. The average Bonchev–Trinajstić information content (AvgIpc) is 2.71. The molecule has 0 amide bonds. The first-order chi connectivity index (χ1) is 8.47. The zero-order valence-electron chi connectivity index (χ0n) is 9.67. The van der Waals surface area contributed by atoms with Crippen molar-refractivity contribution in [2.75, 3.05) is 5.32 Å². The Hall–Kier alpha value is -0.590. The van der Waals surface area contributed by atoms with Crippen LogP contribution in [-0.4, -0.2) is 10.2 Å². The maximum absolute atomic E-state index is 5.86. The van der Waals surface area contributed by atoms with Crippen LogP contribution in [0.15, 0.2) is 25.5 Å². The van der Waals surface area contributed by atoms with Gasteiger partial charge in [-0.1, -0.05) is 5.10 Å². The number of aromatic nitrogens is 2. The highest BCUT2D eigenvalue weighted by molar-refractivity contribution is 9.11. The van der Waals surface area contributed by atoms with Crippen LogP contribution in [-0.2, 0) is 0 Å². The summed E-state index contributed by atoms with van der Waals surface area (Å²) in [5.74, 6) is 0.388. The molecular formula is C11H10Br2ClN3O. The fraction of sp³-hybridized carbons (Fsp3) is 0.273. The molecule has 0 radical (unpaired) electrons. The summed E-state index contributed by atoms with van der Waals surface area (Å²) in [7, 11) is 0. The van der Waals surface area contributed by atoms with Crippen molar-refractivity contribution in [2.24, 2.45) is 0 Å². The van der Waals surface area contributed by atoms with Crippen LogP contribution in [0.25, 0.3) is 0 Å². The Morgan fingerprint density at radius 1 is 1.28 bits per heavy atom. The summed E-state index contributed by atoms with van der Waals surface area (Å²) in [4.78, 5) is 0. The number of halogens is 3. The highest BCUT2D eigenvalue weighted by Crippen LogP contribution is 2.34. The molecule has 0 spiro atoms. The van der Waals surface area contributed by atoms with Crippen LogP contribution in [0.5, 0.6) is 0 Å². The van der Waals surface area contributed by atoms with Gasteiger partial charge in [0.1, 0.15) is 5.38 Å². The zero-order chi connectivity index (χ0) is 13.3. The maximum atomic E-state index is 5.86. The number of rotatable bonds is 3. The van der Waals surface area contributed by atoms with Gasteiger partial charge in [-0.15, -0.1) is 16.7 Å². The standard InChI is InChI=1S/C11H10Br2ClN3O/c1-5-3-7(12)9(8(13)4-5)15-11-17-16-10(18-11)6(2)14/h3-4,6H,1-2H3,(H,15,17).